The number of amides is 3. The van der Waals surface area contributed by atoms with Crippen molar-refractivity contribution in [2.75, 3.05) is 18.0 Å². The average Bonchev–Trinajstić information content (AvgIpc) is 3.36. The van der Waals surface area contributed by atoms with Gasteiger partial charge >= 0.3 is 6.03 Å². The highest BCUT2D eigenvalue weighted by atomic mass is 16.2. The molecule has 4 rings (SSSR count). The molecule has 2 aromatic heterocycles. The number of aryl methyl sites for hydroxylation is 1. The second-order valence-electron chi connectivity index (χ2n) is 6.41. The van der Waals surface area contributed by atoms with Gasteiger partial charge in [-0.1, -0.05) is 6.07 Å². The number of urea groups is 1. The lowest BCUT2D eigenvalue weighted by Gasteiger charge is -2.18. The zero-order valence-corrected chi connectivity index (χ0v) is 15.3. The number of carbonyl (C=O) groups excluding carboxylic acids is 2. The van der Waals surface area contributed by atoms with Gasteiger partial charge in [-0.2, -0.15) is 5.10 Å². The Morgan fingerprint density at radius 3 is 2.82 bits per heavy atom. The standard InChI is InChI=1S/C19H19N7O2/c1-12-2-3-14(10-15(12)26-9-8-21-19(26)28)18(27)22-11-16-23-17(25-24-16)13-4-6-20-7-5-13/h2-7,10H,8-9,11H2,1H3,(H,21,28)(H,22,27)(H,23,24,25). The third-order valence-electron chi connectivity index (χ3n) is 4.51. The first kappa shape index (κ1) is 17.7. The third kappa shape index (κ3) is 3.54. The lowest BCUT2D eigenvalue weighted by Crippen LogP contribution is -2.29. The van der Waals surface area contributed by atoms with E-state index in [1.165, 1.54) is 0 Å². The summed E-state index contributed by atoms with van der Waals surface area (Å²) in [5.41, 5.74) is 3.00. The maximum absolute atomic E-state index is 12.6. The fraction of sp³-hybridized carbons (Fsp3) is 0.211. The second-order valence-corrected chi connectivity index (χ2v) is 6.41. The maximum Gasteiger partial charge on any atom is 0.322 e. The molecule has 1 saturated heterocycles. The Hall–Kier alpha value is -3.75. The molecule has 3 N–H and O–H groups in total. The van der Waals surface area contributed by atoms with Gasteiger partial charge < -0.3 is 10.6 Å². The minimum Gasteiger partial charge on any atom is -0.345 e. The van der Waals surface area contributed by atoms with Gasteiger partial charge in [-0.15, -0.1) is 0 Å². The molecule has 0 aliphatic carbocycles. The van der Waals surface area contributed by atoms with Gasteiger partial charge in [0.2, 0.25) is 0 Å². The molecule has 1 aliphatic heterocycles. The second kappa shape index (κ2) is 7.47. The van der Waals surface area contributed by atoms with E-state index in [9.17, 15) is 9.59 Å². The van der Waals surface area contributed by atoms with Crippen LogP contribution in [0.1, 0.15) is 21.7 Å². The summed E-state index contributed by atoms with van der Waals surface area (Å²) in [6.45, 7) is 3.31. The van der Waals surface area contributed by atoms with Crippen LogP contribution >= 0.6 is 0 Å². The number of nitrogens with one attached hydrogen (secondary N) is 3. The lowest BCUT2D eigenvalue weighted by atomic mass is 10.1. The molecule has 1 aromatic carbocycles. The van der Waals surface area contributed by atoms with Crippen molar-refractivity contribution in [1.82, 2.24) is 30.8 Å². The zero-order chi connectivity index (χ0) is 19.5. The van der Waals surface area contributed by atoms with Gasteiger partial charge in [0.1, 0.15) is 5.82 Å². The molecule has 1 fully saturated rings. The molecule has 3 heterocycles. The van der Waals surface area contributed by atoms with E-state index in [0.717, 1.165) is 16.8 Å². The molecule has 0 saturated carbocycles. The minimum absolute atomic E-state index is 0.147. The molecular formula is C19H19N7O2. The predicted molar refractivity (Wildman–Crippen MR) is 103 cm³/mol. The van der Waals surface area contributed by atoms with Crippen molar-refractivity contribution in [2.24, 2.45) is 0 Å². The van der Waals surface area contributed by atoms with E-state index in [1.807, 2.05) is 25.1 Å². The number of benzene rings is 1. The summed E-state index contributed by atoms with van der Waals surface area (Å²) in [5.74, 6) is 0.846. The number of pyridine rings is 1. The van der Waals surface area contributed by atoms with Crippen LogP contribution in [0.4, 0.5) is 10.5 Å². The van der Waals surface area contributed by atoms with Crippen LogP contribution in [0.15, 0.2) is 42.7 Å². The van der Waals surface area contributed by atoms with Gasteiger partial charge in [-0.25, -0.2) is 9.78 Å². The van der Waals surface area contributed by atoms with E-state index in [2.05, 4.69) is 30.8 Å². The third-order valence-corrected chi connectivity index (χ3v) is 4.51. The Morgan fingerprint density at radius 2 is 2.07 bits per heavy atom. The van der Waals surface area contributed by atoms with Crippen molar-refractivity contribution in [3.63, 3.8) is 0 Å². The number of aromatic nitrogens is 4. The van der Waals surface area contributed by atoms with Crippen LogP contribution < -0.4 is 15.5 Å². The predicted octanol–water partition coefficient (Wildman–Crippen LogP) is 1.63. The first-order valence-electron chi connectivity index (χ1n) is 8.88. The summed E-state index contributed by atoms with van der Waals surface area (Å²) in [6.07, 6.45) is 3.34. The van der Waals surface area contributed by atoms with Gasteiger partial charge in [0, 0.05) is 42.3 Å². The van der Waals surface area contributed by atoms with Crippen molar-refractivity contribution in [3.8, 4) is 11.4 Å². The maximum atomic E-state index is 12.6. The van der Waals surface area contributed by atoms with Gasteiger partial charge in [0.05, 0.1) is 6.54 Å². The van der Waals surface area contributed by atoms with Crippen LogP contribution in [-0.2, 0) is 6.54 Å². The molecular weight excluding hydrogens is 358 g/mol. The van der Waals surface area contributed by atoms with Crippen molar-refractivity contribution in [3.05, 3.63) is 59.7 Å². The monoisotopic (exact) mass is 377 g/mol. The molecule has 28 heavy (non-hydrogen) atoms. The highest BCUT2D eigenvalue weighted by Crippen LogP contribution is 2.23. The fourth-order valence-corrected chi connectivity index (χ4v) is 3.01. The zero-order valence-electron chi connectivity index (χ0n) is 15.3. The summed E-state index contributed by atoms with van der Waals surface area (Å²) in [5, 5.41) is 12.6. The fourth-order valence-electron chi connectivity index (χ4n) is 3.01. The Labute approximate surface area is 161 Å². The van der Waals surface area contributed by atoms with Crippen LogP contribution in [-0.4, -0.2) is 45.2 Å². The first-order chi connectivity index (χ1) is 13.6. The Kier molecular flexibility index (Phi) is 4.71. The molecule has 0 radical (unpaired) electrons. The summed E-state index contributed by atoms with van der Waals surface area (Å²) in [4.78, 5) is 34.5. The topological polar surface area (TPSA) is 116 Å². The van der Waals surface area contributed by atoms with Crippen molar-refractivity contribution >= 4 is 17.6 Å². The lowest BCUT2D eigenvalue weighted by molar-refractivity contribution is 0.0950. The van der Waals surface area contributed by atoms with Gasteiger partial charge in [-0.05, 0) is 36.8 Å². The average molecular weight is 377 g/mol. The molecule has 3 aromatic rings. The van der Waals surface area contributed by atoms with E-state index in [0.29, 0.717) is 30.3 Å². The SMILES string of the molecule is Cc1ccc(C(=O)NCc2nc(-c3ccncc3)n[nH]2)cc1N1CCNC1=O. The van der Waals surface area contributed by atoms with Gasteiger partial charge in [-0.3, -0.25) is 19.8 Å². The number of carbonyl (C=O) groups is 2. The quantitative estimate of drug-likeness (QED) is 0.625. The van der Waals surface area contributed by atoms with Gasteiger partial charge in [0.25, 0.3) is 5.91 Å². The van der Waals surface area contributed by atoms with E-state index in [-0.39, 0.29) is 18.5 Å². The van der Waals surface area contributed by atoms with Crippen LogP contribution in [0.25, 0.3) is 11.4 Å². The Bertz CT molecular complexity index is 1020. The van der Waals surface area contributed by atoms with Crippen LogP contribution in [0.5, 0.6) is 0 Å². The summed E-state index contributed by atoms with van der Waals surface area (Å²) in [6, 6.07) is 8.79. The molecule has 0 bridgehead atoms. The number of aromatic amines is 1. The van der Waals surface area contributed by atoms with E-state index in [1.54, 1.807) is 29.4 Å². The number of rotatable bonds is 5. The summed E-state index contributed by atoms with van der Waals surface area (Å²) in [7, 11) is 0. The molecule has 3 amide bonds. The number of hydrogen-bond donors (Lipinski definition) is 3. The number of H-pyrrole nitrogens is 1. The minimum atomic E-state index is -0.247. The molecule has 0 unspecified atom stereocenters. The molecule has 1 aliphatic rings. The first-order valence-corrected chi connectivity index (χ1v) is 8.88. The van der Waals surface area contributed by atoms with E-state index >= 15 is 0 Å². The van der Waals surface area contributed by atoms with Crippen molar-refractivity contribution in [1.29, 1.82) is 0 Å². The smallest absolute Gasteiger partial charge is 0.322 e. The van der Waals surface area contributed by atoms with Crippen molar-refractivity contribution < 1.29 is 9.59 Å². The van der Waals surface area contributed by atoms with E-state index < -0.39 is 0 Å². The van der Waals surface area contributed by atoms with Crippen molar-refractivity contribution in [2.45, 2.75) is 13.5 Å². The molecule has 9 heteroatoms. The van der Waals surface area contributed by atoms with Crippen LogP contribution in [0.2, 0.25) is 0 Å². The molecule has 0 spiro atoms. The molecule has 0 atom stereocenters. The summed E-state index contributed by atoms with van der Waals surface area (Å²) < 4.78 is 0. The van der Waals surface area contributed by atoms with Gasteiger partial charge in [0.15, 0.2) is 5.82 Å². The number of nitrogens with zero attached hydrogens (tertiary/aromatic N) is 4. The molecule has 142 valence electrons. The summed E-state index contributed by atoms with van der Waals surface area (Å²) >= 11 is 0. The Balaban J connectivity index is 1.44. The highest BCUT2D eigenvalue weighted by molar-refractivity contribution is 5.99. The van der Waals surface area contributed by atoms with Crippen LogP contribution in [0, 0.1) is 6.92 Å². The normalized spacial score (nSPS) is 13.5. The largest absolute Gasteiger partial charge is 0.345 e. The van der Waals surface area contributed by atoms with Crippen LogP contribution in [0.3, 0.4) is 0 Å². The van der Waals surface area contributed by atoms with E-state index in [4.69, 9.17) is 0 Å². The number of hydrogen-bond acceptors (Lipinski definition) is 5. The number of anilines is 1. The highest BCUT2D eigenvalue weighted by Gasteiger charge is 2.23. The Morgan fingerprint density at radius 1 is 1.25 bits per heavy atom. The molecule has 9 nitrogen and oxygen atoms in total.